The summed E-state index contributed by atoms with van der Waals surface area (Å²) >= 11 is 0. The first kappa shape index (κ1) is 17.0. The van der Waals surface area contributed by atoms with Gasteiger partial charge in [0.25, 0.3) is 5.91 Å². The van der Waals surface area contributed by atoms with Crippen LogP contribution in [0.1, 0.15) is 24.8 Å². The zero-order valence-electron chi connectivity index (χ0n) is 14.2. The molecule has 0 aromatic heterocycles. The average Bonchev–Trinajstić information content (AvgIpc) is 2.90. The minimum Gasteiger partial charge on any atom is -0.497 e. The van der Waals surface area contributed by atoms with Crippen molar-refractivity contribution in [2.24, 2.45) is 0 Å². The second kappa shape index (κ2) is 7.38. The maximum atomic E-state index is 12.4. The molecule has 0 aliphatic carbocycles. The van der Waals surface area contributed by atoms with E-state index in [2.05, 4.69) is 5.32 Å². The van der Waals surface area contributed by atoms with Gasteiger partial charge in [-0.3, -0.25) is 9.59 Å². The predicted molar refractivity (Wildman–Crippen MR) is 91.6 cm³/mol. The number of benzene rings is 1. The number of hydrogen-bond donors (Lipinski definition) is 1. The molecule has 132 valence electrons. The fourth-order valence-corrected chi connectivity index (χ4v) is 2.96. The molecule has 0 unspecified atom stereocenters. The van der Waals surface area contributed by atoms with E-state index in [1.165, 1.54) is 0 Å². The van der Waals surface area contributed by atoms with Crippen LogP contribution >= 0.6 is 0 Å². The van der Waals surface area contributed by atoms with E-state index in [-0.39, 0.29) is 18.1 Å². The van der Waals surface area contributed by atoms with E-state index in [1.807, 2.05) is 0 Å². The third kappa shape index (κ3) is 3.81. The Bertz CT molecular complexity index is 706. The smallest absolute Gasteiger partial charge is 0.329 e. The molecule has 2 aliphatic heterocycles. The largest absolute Gasteiger partial charge is 0.497 e. The van der Waals surface area contributed by atoms with Crippen molar-refractivity contribution >= 4 is 23.9 Å². The van der Waals surface area contributed by atoms with Crippen molar-refractivity contribution in [1.29, 1.82) is 0 Å². The SMILES string of the molecule is COc1ccc(/C=C2\NC(=O)N(CC(=O)N3CCCCC3)C2=O)cc1. The molecule has 2 aliphatic rings. The molecule has 2 saturated heterocycles. The van der Waals surface area contributed by atoms with Gasteiger partial charge < -0.3 is 15.0 Å². The van der Waals surface area contributed by atoms with Crippen LogP contribution in [0.3, 0.4) is 0 Å². The average molecular weight is 343 g/mol. The topological polar surface area (TPSA) is 79.0 Å². The number of amides is 4. The first-order chi connectivity index (χ1) is 12.1. The molecule has 2 fully saturated rings. The Morgan fingerprint density at radius 3 is 2.48 bits per heavy atom. The van der Waals surface area contributed by atoms with Crippen LogP contribution in [0.5, 0.6) is 5.75 Å². The third-order valence-corrected chi connectivity index (χ3v) is 4.39. The zero-order valence-corrected chi connectivity index (χ0v) is 14.2. The van der Waals surface area contributed by atoms with E-state index >= 15 is 0 Å². The van der Waals surface area contributed by atoms with E-state index in [0.717, 1.165) is 29.7 Å². The minimum absolute atomic E-state index is 0.168. The van der Waals surface area contributed by atoms with Crippen LogP contribution in [-0.4, -0.2) is 54.4 Å². The van der Waals surface area contributed by atoms with Crippen molar-refractivity contribution in [3.63, 3.8) is 0 Å². The van der Waals surface area contributed by atoms with Gasteiger partial charge in [-0.05, 0) is 43.0 Å². The van der Waals surface area contributed by atoms with Crippen molar-refractivity contribution in [3.8, 4) is 5.75 Å². The Labute approximate surface area is 146 Å². The molecule has 1 aromatic carbocycles. The molecule has 1 N–H and O–H groups in total. The van der Waals surface area contributed by atoms with Crippen LogP contribution in [0.25, 0.3) is 6.08 Å². The normalized spacial score (nSPS) is 19.3. The third-order valence-electron chi connectivity index (χ3n) is 4.39. The Kier molecular flexibility index (Phi) is 5.02. The highest BCUT2D eigenvalue weighted by Gasteiger charge is 2.35. The molecule has 0 saturated carbocycles. The number of urea groups is 1. The highest BCUT2D eigenvalue weighted by molar-refractivity contribution is 6.15. The second-order valence-electron chi connectivity index (χ2n) is 6.09. The van der Waals surface area contributed by atoms with Crippen LogP contribution in [0.4, 0.5) is 4.79 Å². The number of ether oxygens (including phenoxy) is 1. The fourth-order valence-electron chi connectivity index (χ4n) is 2.96. The Hall–Kier alpha value is -2.83. The first-order valence-corrected chi connectivity index (χ1v) is 8.35. The number of hydrogen-bond acceptors (Lipinski definition) is 4. The highest BCUT2D eigenvalue weighted by Crippen LogP contribution is 2.17. The van der Waals surface area contributed by atoms with E-state index in [1.54, 1.807) is 42.4 Å². The molecule has 0 bridgehead atoms. The van der Waals surface area contributed by atoms with Gasteiger partial charge in [-0.2, -0.15) is 0 Å². The van der Waals surface area contributed by atoms with Crippen LogP contribution < -0.4 is 10.1 Å². The van der Waals surface area contributed by atoms with E-state index < -0.39 is 11.9 Å². The lowest BCUT2D eigenvalue weighted by atomic mass is 10.1. The summed E-state index contributed by atoms with van der Waals surface area (Å²) in [6.45, 7) is 1.17. The molecule has 7 nitrogen and oxygen atoms in total. The summed E-state index contributed by atoms with van der Waals surface area (Å²) in [5, 5.41) is 2.54. The lowest BCUT2D eigenvalue weighted by Gasteiger charge is -2.27. The summed E-state index contributed by atoms with van der Waals surface area (Å²) in [6, 6.07) is 6.55. The van der Waals surface area contributed by atoms with Crippen molar-refractivity contribution in [2.75, 3.05) is 26.7 Å². The van der Waals surface area contributed by atoms with Crippen LogP contribution in [0.15, 0.2) is 30.0 Å². The molecule has 0 atom stereocenters. The van der Waals surface area contributed by atoms with E-state index in [9.17, 15) is 14.4 Å². The lowest BCUT2D eigenvalue weighted by Crippen LogP contribution is -2.44. The highest BCUT2D eigenvalue weighted by atomic mass is 16.5. The number of carbonyl (C=O) groups excluding carboxylic acids is 3. The van der Waals surface area contributed by atoms with Crippen molar-refractivity contribution in [2.45, 2.75) is 19.3 Å². The quantitative estimate of drug-likeness (QED) is 0.665. The second-order valence-corrected chi connectivity index (χ2v) is 6.09. The summed E-state index contributed by atoms with van der Waals surface area (Å²) < 4.78 is 5.09. The number of rotatable bonds is 4. The van der Waals surface area contributed by atoms with Gasteiger partial charge in [0.15, 0.2) is 0 Å². The van der Waals surface area contributed by atoms with E-state index in [0.29, 0.717) is 18.8 Å². The summed E-state index contributed by atoms with van der Waals surface area (Å²) in [6.07, 6.45) is 4.63. The van der Waals surface area contributed by atoms with Gasteiger partial charge in [-0.1, -0.05) is 12.1 Å². The van der Waals surface area contributed by atoms with Gasteiger partial charge in [0, 0.05) is 13.1 Å². The first-order valence-electron chi connectivity index (χ1n) is 8.35. The van der Waals surface area contributed by atoms with Crippen LogP contribution in [0, 0.1) is 0 Å². The van der Waals surface area contributed by atoms with Crippen molar-refractivity contribution < 1.29 is 19.1 Å². The lowest BCUT2D eigenvalue weighted by molar-refractivity contribution is -0.136. The number of likely N-dealkylation sites (tertiary alicyclic amines) is 1. The van der Waals surface area contributed by atoms with E-state index in [4.69, 9.17) is 4.74 Å². The molecule has 0 spiro atoms. The molecule has 0 radical (unpaired) electrons. The zero-order chi connectivity index (χ0) is 17.8. The summed E-state index contributed by atoms with van der Waals surface area (Å²) in [5.74, 6) is 0.0396. The standard InChI is InChI=1S/C18H21N3O4/c1-25-14-7-5-13(6-8-14)11-15-17(23)21(18(24)19-15)12-16(22)20-9-3-2-4-10-20/h5-8,11H,2-4,9-10,12H2,1H3,(H,19,24)/b15-11-. The number of piperidine rings is 1. The predicted octanol–water partition coefficient (Wildman–Crippen LogP) is 1.60. The molecule has 4 amide bonds. The van der Waals surface area contributed by atoms with Gasteiger partial charge in [-0.25, -0.2) is 9.69 Å². The van der Waals surface area contributed by atoms with Gasteiger partial charge >= 0.3 is 6.03 Å². The maximum absolute atomic E-state index is 12.4. The van der Waals surface area contributed by atoms with Gasteiger partial charge in [0.05, 0.1) is 7.11 Å². The molecular weight excluding hydrogens is 322 g/mol. The number of carbonyl (C=O) groups is 3. The minimum atomic E-state index is -0.560. The number of methoxy groups -OCH3 is 1. The van der Waals surface area contributed by atoms with Crippen LogP contribution in [0.2, 0.25) is 0 Å². The van der Waals surface area contributed by atoms with Gasteiger partial charge in [0.1, 0.15) is 18.0 Å². The number of nitrogens with zero attached hydrogens (tertiary/aromatic N) is 2. The molecule has 1 aromatic rings. The number of nitrogens with one attached hydrogen (secondary N) is 1. The Morgan fingerprint density at radius 2 is 1.84 bits per heavy atom. The summed E-state index contributed by atoms with van der Waals surface area (Å²) in [7, 11) is 1.57. The molecule has 2 heterocycles. The van der Waals surface area contributed by atoms with Gasteiger partial charge in [0.2, 0.25) is 5.91 Å². The van der Waals surface area contributed by atoms with Gasteiger partial charge in [-0.15, -0.1) is 0 Å². The maximum Gasteiger partial charge on any atom is 0.329 e. The molecule has 3 rings (SSSR count). The van der Waals surface area contributed by atoms with Crippen molar-refractivity contribution in [3.05, 3.63) is 35.5 Å². The van der Waals surface area contributed by atoms with Crippen LogP contribution in [-0.2, 0) is 9.59 Å². The fraction of sp³-hybridized carbons (Fsp3) is 0.389. The number of imide groups is 1. The molecule has 7 heteroatoms. The molecule has 25 heavy (non-hydrogen) atoms. The molecular formula is C18H21N3O4. The summed E-state index contributed by atoms with van der Waals surface area (Å²) in [4.78, 5) is 39.5. The Balaban J connectivity index is 1.68. The van der Waals surface area contributed by atoms with Crippen molar-refractivity contribution in [1.82, 2.24) is 15.1 Å². The monoisotopic (exact) mass is 343 g/mol. The Morgan fingerprint density at radius 1 is 1.16 bits per heavy atom. The summed E-state index contributed by atoms with van der Waals surface area (Å²) in [5.41, 5.74) is 0.926.